The number of anilines is 1. The lowest BCUT2D eigenvalue weighted by atomic mass is 10.2. The molecular weight excluding hydrogens is 367 g/mol. The highest BCUT2D eigenvalue weighted by atomic mass is 79.9. The number of hydrogen-bond acceptors (Lipinski definition) is 4. The zero-order chi connectivity index (χ0) is 13.8. The van der Waals surface area contributed by atoms with E-state index in [0.717, 1.165) is 12.3 Å². The number of rotatable bonds is 4. The Hall–Kier alpha value is 0.0200. The van der Waals surface area contributed by atoms with Crippen LogP contribution in [-0.4, -0.2) is 34.0 Å². The third-order valence-electron chi connectivity index (χ3n) is 2.75. The molecule has 0 aromatic heterocycles. The van der Waals surface area contributed by atoms with E-state index in [4.69, 9.17) is 18.0 Å². The first-order valence-corrected chi connectivity index (χ1v) is 9.21. The van der Waals surface area contributed by atoms with Crippen molar-refractivity contribution in [3.63, 3.8) is 0 Å². The number of benzene rings is 1. The molecule has 0 radical (unpaired) electrons. The highest BCUT2D eigenvalue weighted by Crippen LogP contribution is 2.28. The van der Waals surface area contributed by atoms with Crippen LogP contribution in [0.3, 0.4) is 0 Å². The van der Waals surface area contributed by atoms with Crippen LogP contribution in [-0.2, 0) is 0 Å². The summed E-state index contributed by atoms with van der Waals surface area (Å²) in [4.78, 5) is 0.191. The van der Waals surface area contributed by atoms with Crippen molar-refractivity contribution in [2.24, 2.45) is 5.73 Å². The maximum atomic E-state index is 14.1. The standard InChI is InChI=1S/C12H14BrFN2S3/c13-10-8(12(15)17)1-2-9(11(10)14)16-5-7-6-18-3-4-19-7/h1-2,7,16H,3-6H2,(H2,15,17). The van der Waals surface area contributed by atoms with Crippen LogP contribution in [0.1, 0.15) is 5.56 Å². The SMILES string of the molecule is NC(=S)c1ccc(NCC2CSCCS2)c(F)c1Br. The van der Waals surface area contributed by atoms with E-state index in [9.17, 15) is 4.39 Å². The molecule has 3 N–H and O–H groups in total. The Balaban J connectivity index is 2.04. The Labute approximate surface area is 134 Å². The predicted molar refractivity (Wildman–Crippen MR) is 92.0 cm³/mol. The molecule has 2 rings (SSSR count). The first kappa shape index (κ1) is 15.4. The minimum atomic E-state index is -0.334. The van der Waals surface area contributed by atoms with Crippen LogP contribution >= 0.6 is 51.7 Å². The molecule has 1 unspecified atom stereocenters. The second kappa shape index (κ2) is 7.15. The number of hydrogen-bond donors (Lipinski definition) is 2. The number of thioether (sulfide) groups is 2. The largest absolute Gasteiger partial charge is 0.389 e. The molecule has 0 aliphatic carbocycles. The Bertz CT molecular complexity index is 478. The van der Waals surface area contributed by atoms with Crippen molar-refractivity contribution in [1.29, 1.82) is 0 Å². The molecule has 0 bridgehead atoms. The van der Waals surface area contributed by atoms with Gasteiger partial charge in [0.05, 0.1) is 10.2 Å². The Morgan fingerprint density at radius 1 is 1.53 bits per heavy atom. The van der Waals surface area contributed by atoms with Crippen molar-refractivity contribution in [2.45, 2.75) is 5.25 Å². The highest BCUT2D eigenvalue weighted by Gasteiger charge is 2.16. The van der Waals surface area contributed by atoms with E-state index in [0.29, 0.717) is 21.0 Å². The van der Waals surface area contributed by atoms with Gasteiger partial charge in [0.15, 0.2) is 5.82 Å². The molecule has 0 saturated carbocycles. The number of thiocarbonyl (C=S) groups is 1. The molecule has 1 aliphatic rings. The van der Waals surface area contributed by atoms with Crippen molar-refractivity contribution in [2.75, 3.05) is 29.1 Å². The third-order valence-corrected chi connectivity index (χ3v) is 6.59. The van der Waals surface area contributed by atoms with E-state index < -0.39 is 0 Å². The summed E-state index contributed by atoms with van der Waals surface area (Å²) >= 11 is 12.0. The van der Waals surface area contributed by atoms with Crippen LogP contribution < -0.4 is 11.1 Å². The van der Waals surface area contributed by atoms with Gasteiger partial charge in [0, 0.05) is 34.6 Å². The third kappa shape index (κ3) is 4.00. The average molecular weight is 381 g/mol. The second-order valence-corrected chi connectivity index (χ2v) is 7.89. The fourth-order valence-corrected chi connectivity index (χ4v) is 5.23. The van der Waals surface area contributed by atoms with Gasteiger partial charge in [-0.05, 0) is 28.1 Å². The Kier molecular flexibility index (Phi) is 5.80. The van der Waals surface area contributed by atoms with Crippen LogP contribution in [0, 0.1) is 5.82 Å². The van der Waals surface area contributed by atoms with Crippen LogP contribution in [0.5, 0.6) is 0 Å². The van der Waals surface area contributed by atoms with E-state index in [1.165, 1.54) is 11.5 Å². The summed E-state index contributed by atoms with van der Waals surface area (Å²) in [7, 11) is 0. The average Bonchev–Trinajstić information content (AvgIpc) is 2.41. The number of nitrogens with two attached hydrogens (primary N) is 1. The molecule has 0 spiro atoms. The lowest BCUT2D eigenvalue weighted by Crippen LogP contribution is -2.23. The summed E-state index contributed by atoms with van der Waals surface area (Å²) in [6, 6.07) is 3.43. The van der Waals surface area contributed by atoms with Crippen molar-refractivity contribution in [3.8, 4) is 0 Å². The summed E-state index contributed by atoms with van der Waals surface area (Å²) in [6.07, 6.45) is 0. The smallest absolute Gasteiger partial charge is 0.161 e. The number of halogens is 2. The highest BCUT2D eigenvalue weighted by molar-refractivity contribution is 9.10. The van der Waals surface area contributed by atoms with Gasteiger partial charge in [-0.25, -0.2) is 4.39 Å². The van der Waals surface area contributed by atoms with E-state index in [2.05, 4.69) is 21.2 Å². The first-order valence-electron chi connectivity index (χ1n) is 5.80. The molecule has 1 aromatic carbocycles. The summed E-state index contributed by atoms with van der Waals surface area (Å²) in [5.74, 6) is 3.16. The molecule has 0 amide bonds. The molecule has 104 valence electrons. The van der Waals surface area contributed by atoms with E-state index in [1.807, 2.05) is 23.5 Å². The topological polar surface area (TPSA) is 38.0 Å². The first-order chi connectivity index (χ1) is 9.09. The van der Waals surface area contributed by atoms with E-state index in [1.54, 1.807) is 12.1 Å². The van der Waals surface area contributed by atoms with Crippen molar-refractivity contribution in [1.82, 2.24) is 0 Å². The molecule has 1 heterocycles. The monoisotopic (exact) mass is 380 g/mol. The zero-order valence-electron chi connectivity index (χ0n) is 10.1. The van der Waals surface area contributed by atoms with Gasteiger partial charge in [0.2, 0.25) is 0 Å². The minimum absolute atomic E-state index is 0.191. The molecule has 1 aromatic rings. The zero-order valence-corrected chi connectivity index (χ0v) is 14.2. The molecule has 1 fully saturated rings. The Morgan fingerprint density at radius 3 is 2.95 bits per heavy atom. The summed E-state index contributed by atoms with van der Waals surface area (Å²) in [5.41, 5.74) is 6.55. The van der Waals surface area contributed by atoms with Gasteiger partial charge in [-0.3, -0.25) is 0 Å². The maximum Gasteiger partial charge on any atom is 0.161 e. The quantitative estimate of drug-likeness (QED) is 0.782. The predicted octanol–water partition coefficient (Wildman–Crippen LogP) is 3.48. The molecule has 1 atom stereocenters. The van der Waals surface area contributed by atoms with Gasteiger partial charge >= 0.3 is 0 Å². The summed E-state index contributed by atoms with van der Waals surface area (Å²) < 4.78 is 14.5. The summed E-state index contributed by atoms with van der Waals surface area (Å²) in [6.45, 7) is 0.771. The second-order valence-electron chi connectivity index (χ2n) is 4.10. The van der Waals surface area contributed by atoms with Gasteiger partial charge in [-0.2, -0.15) is 23.5 Å². The minimum Gasteiger partial charge on any atom is -0.389 e. The van der Waals surface area contributed by atoms with Gasteiger partial charge < -0.3 is 11.1 Å². The molecular formula is C12H14BrFN2S3. The molecule has 2 nitrogen and oxygen atoms in total. The van der Waals surface area contributed by atoms with Crippen LogP contribution in [0.15, 0.2) is 16.6 Å². The molecule has 1 saturated heterocycles. The van der Waals surface area contributed by atoms with Crippen molar-refractivity contribution >= 4 is 62.3 Å². The van der Waals surface area contributed by atoms with E-state index >= 15 is 0 Å². The summed E-state index contributed by atoms with van der Waals surface area (Å²) in [5, 5.41) is 3.70. The molecule has 19 heavy (non-hydrogen) atoms. The molecule has 7 heteroatoms. The lowest BCUT2D eigenvalue weighted by Gasteiger charge is -2.22. The van der Waals surface area contributed by atoms with Crippen LogP contribution in [0.25, 0.3) is 0 Å². The van der Waals surface area contributed by atoms with Gasteiger partial charge in [-0.1, -0.05) is 12.2 Å². The van der Waals surface area contributed by atoms with Gasteiger partial charge in [0.25, 0.3) is 0 Å². The van der Waals surface area contributed by atoms with Crippen LogP contribution in [0.4, 0.5) is 10.1 Å². The van der Waals surface area contributed by atoms with Gasteiger partial charge in [0.1, 0.15) is 4.99 Å². The van der Waals surface area contributed by atoms with Crippen molar-refractivity contribution < 1.29 is 4.39 Å². The van der Waals surface area contributed by atoms with E-state index in [-0.39, 0.29) is 10.8 Å². The maximum absolute atomic E-state index is 14.1. The van der Waals surface area contributed by atoms with Crippen molar-refractivity contribution in [3.05, 3.63) is 28.0 Å². The fourth-order valence-electron chi connectivity index (χ4n) is 1.75. The molecule has 1 aliphatic heterocycles. The fraction of sp³-hybridized carbons (Fsp3) is 0.417. The normalized spacial score (nSPS) is 19.2. The van der Waals surface area contributed by atoms with Crippen LogP contribution in [0.2, 0.25) is 0 Å². The van der Waals surface area contributed by atoms with Gasteiger partial charge in [-0.15, -0.1) is 0 Å². The Morgan fingerprint density at radius 2 is 2.32 bits per heavy atom. The number of nitrogens with one attached hydrogen (secondary N) is 1. The lowest BCUT2D eigenvalue weighted by molar-refractivity contribution is 0.623.